The monoisotopic (exact) mass is 494 g/mol. The molecule has 0 aromatic heterocycles. The van der Waals surface area contributed by atoms with Crippen molar-refractivity contribution in [1.82, 2.24) is 0 Å². The third-order valence-electron chi connectivity index (χ3n) is 6.15. The van der Waals surface area contributed by atoms with Crippen LogP contribution in [-0.4, -0.2) is 26.1 Å². The van der Waals surface area contributed by atoms with Crippen molar-refractivity contribution >= 4 is 0 Å². The molecule has 4 rings (SSSR count). The smallest absolute Gasteiger partial charge is 0.201 e. The van der Waals surface area contributed by atoms with Crippen molar-refractivity contribution < 1.29 is 27.4 Å². The third kappa shape index (κ3) is 5.89. The first-order chi connectivity index (χ1) is 17.5. The van der Waals surface area contributed by atoms with Crippen LogP contribution in [0.15, 0.2) is 79.4 Å². The summed E-state index contributed by atoms with van der Waals surface area (Å²) in [6, 6.07) is 14.6. The largest absolute Gasteiger partial charge is 0.486 e. The standard InChI is InChI=1S/C30H29F3O3/c1-3-5-6-7-28-35-18-23(19-36-28)22-12-13-24(26(31)17-22)20-8-10-21(11-9-20)25-14-15-27(34-16-4-2)30(33)29(25)32/h3-5,8-15,17,23,28H,2,6-7,16,18-19H2,1H3. The van der Waals surface area contributed by atoms with Crippen LogP contribution in [0.4, 0.5) is 13.2 Å². The minimum atomic E-state index is -1.06. The van der Waals surface area contributed by atoms with E-state index in [1.54, 1.807) is 30.3 Å². The molecule has 188 valence electrons. The maximum atomic E-state index is 15.0. The molecule has 1 heterocycles. The second-order valence-corrected chi connectivity index (χ2v) is 8.60. The highest BCUT2D eigenvalue weighted by molar-refractivity contribution is 5.71. The highest BCUT2D eigenvalue weighted by Gasteiger charge is 2.24. The highest BCUT2D eigenvalue weighted by atomic mass is 19.2. The van der Waals surface area contributed by atoms with Crippen molar-refractivity contribution in [3.63, 3.8) is 0 Å². The number of hydrogen-bond acceptors (Lipinski definition) is 3. The maximum Gasteiger partial charge on any atom is 0.201 e. The molecule has 1 aliphatic heterocycles. The molecular formula is C30H29F3O3. The lowest BCUT2D eigenvalue weighted by atomic mass is 9.95. The molecule has 36 heavy (non-hydrogen) atoms. The first-order valence-corrected chi connectivity index (χ1v) is 12.0. The van der Waals surface area contributed by atoms with Crippen molar-refractivity contribution in [2.45, 2.75) is 32.0 Å². The van der Waals surface area contributed by atoms with Gasteiger partial charge in [-0.1, -0.05) is 61.2 Å². The zero-order chi connectivity index (χ0) is 25.5. The van der Waals surface area contributed by atoms with Gasteiger partial charge < -0.3 is 14.2 Å². The molecule has 3 nitrogen and oxygen atoms in total. The summed E-state index contributed by atoms with van der Waals surface area (Å²) in [6.45, 7) is 6.51. The lowest BCUT2D eigenvalue weighted by Gasteiger charge is -2.29. The molecular weight excluding hydrogens is 465 g/mol. The molecule has 0 aliphatic carbocycles. The molecule has 0 N–H and O–H groups in total. The molecule has 0 atom stereocenters. The van der Waals surface area contributed by atoms with Crippen molar-refractivity contribution in [1.29, 1.82) is 0 Å². The molecule has 0 spiro atoms. The van der Waals surface area contributed by atoms with E-state index in [2.05, 4.69) is 12.7 Å². The molecule has 1 aliphatic rings. The topological polar surface area (TPSA) is 27.7 Å². The predicted molar refractivity (Wildman–Crippen MR) is 135 cm³/mol. The summed E-state index contributed by atoms with van der Waals surface area (Å²) in [4.78, 5) is 0. The van der Waals surface area contributed by atoms with Gasteiger partial charge in [0.15, 0.2) is 17.9 Å². The van der Waals surface area contributed by atoms with Crippen LogP contribution in [0.2, 0.25) is 0 Å². The average Bonchev–Trinajstić information content (AvgIpc) is 2.90. The van der Waals surface area contributed by atoms with E-state index in [-0.39, 0.29) is 35.9 Å². The Morgan fingerprint density at radius 3 is 2.22 bits per heavy atom. The molecule has 0 saturated carbocycles. The highest BCUT2D eigenvalue weighted by Crippen LogP contribution is 2.33. The fourth-order valence-electron chi connectivity index (χ4n) is 4.16. The summed E-state index contributed by atoms with van der Waals surface area (Å²) in [6.07, 6.45) is 6.99. The van der Waals surface area contributed by atoms with Gasteiger partial charge in [-0.3, -0.25) is 0 Å². The molecule has 3 aromatic rings. The van der Waals surface area contributed by atoms with Gasteiger partial charge in [-0.25, -0.2) is 8.78 Å². The van der Waals surface area contributed by atoms with Crippen molar-refractivity contribution in [3.05, 3.63) is 102 Å². The Balaban J connectivity index is 1.45. The number of halogens is 3. The van der Waals surface area contributed by atoms with Crippen LogP contribution < -0.4 is 4.74 Å². The van der Waals surface area contributed by atoms with Gasteiger partial charge in [-0.15, -0.1) is 0 Å². The maximum absolute atomic E-state index is 15.0. The fraction of sp³-hybridized carbons (Fsp3) is 0.267. The summed E-state index contributed by atoms with van der Waals surface area (Å²) >= 11 is 0. The lowest BCUT2D eigenvalue weighted by molar-refractivity contribution is -0.189. The van der Waals surface area contributed by atoms with Crippen LogP contribution >= 0.6 is 0 Å². The Kier molecular flexibility index (Phi) is 8.62. The van der Waals surface area contributed by atoms with E-state index in [1.165, 1.54) is 24.3 Å². The van der Waals surface area contributed by atoms with Gasteiger partial charge in [0, 0.05) is 23.5 Å². The predicted octanol–water partition coefficient (Wildman–Crippen LogP) is 7.82. The van der Waals surface area contributed by atoms with Crippen LogP contribution in [-0.2, 0) is 9.47 Å². The molecule has 1 fully saturated rings. The Bertz CT molecular complexity index is 1210. The van der Waals surface area contributed by atoms with Crippen LogP contribution in [0.3, 0.4) is 0 Å². The molecule has 1 saturated heterocycles. The number of hydrogen-bond donors (Lipinski definition) is 0. The van der Waals surface area contributed by atoms with E-state index >= 15 is 4.39 Å². The van der Waals surface area contributed by atoms with Gasteiger partial charge in [0.05, 0.1) is 13.2 Å². The number of ether oxygens (including phenoxy) is 3. The minimum absolute atomic E-state index is 0.0369. The summed E-state index contributed by atoms with van der Waals surface area (Å²) in [5, 5.41) is 0. The van der Waals surface area contributed by atoms with E-state index in [4.69, 9.17) is 14.2 Å². The molecule has 0 unspecified atom stereocenters. The average molecular weight is 495 g/mol. The Hall–Kier alpha value is -3.35. The van der Waals surface area contributed by atoms with Gasteiger partial charge in [-0.05, 0) is 48.2 Å². The van der Waals surface area contributed by atoms with Crippen molar-refractivity contribution in [2.24, 2.45) is 0 Å². The SMILES string of the molecule is C=CCOc1ccc(-c2ccc(-c3ccc(C4COC(CCC=CC)OC4)cc3F)cc2)c(F)c1F. The van der Waals surface area contributed by atoms with Gasteiger partial charge in [0.25, 0.3) is 0 Å². The van der Waals surface area contributed by atoms with Gasteiger partial charge in [0.1, 0.15) is 12.4 Å². The van der Waals surface area contributed by atoms with E-state index < -0.39 is 11.6 Å². The summed E-state index contributed by atoms with van der Waals surface area (Å²) in [5.74, 6) is -2.63. The second-order valence-electron chi connectivity index (χ2n) is 8.60. The van der Waals surface area contributed by atoms with Gasteiger partial charge in [0.2, 0.25) is 5.82 Å². The van der Waals surface area contributed by atoms with E-state index in [1.807, 2.05) is 19.1 Å². The van der Waals surface area contributed by atoms with Crippen LogP contribution in [0.25, 0.3) is 22.3 Å². The zero-order valence-corrected chi connectivity index (χ0v) is 20.2. The summed E-state index contributed by atoms with van der Waals surface area (Å²) in [5.41, 5.74) is 2.45. The van der Waals surface area contributed by atoms with Gasteiger partial charge in [-0.2, -0.15) is 4.39 Å². The Labute approximate surface area is 209 Å². The van der Waals surface area contributed by atoms with E-state index in [9.17, 15) is 8.78 Å². The summed E-state index contributed by atoms with van der Waals surface area (Å²) < 4.78 is 60.7. The zero-order valence-electron chi connectivity index (χ0n) is 20.2. The Morgan fingerprint density at radius 1 is 0.917 bits per heavy atom. The van der Waals surface area contributed by atoms with Crippen molar-refractivity contribution in [2.75, 3.05) is 19.8 Å². The fourth-order valence-corrected chi connectivity index (χ4v) is 4.16. The normalized spacial score (nSPS) is 17.9. The number of benzene rings is 3. The quantitative estimate of drug-likeness (QED) is 0.284. The van der Waals surface area contributed by atoms with E-state index in [0.717, 1.165) is 18.4 Å². The van der Waals surface area contributed by atoms with Crippen LogP contribution in [0.5, 0.6) is 5.75 Å². The van der Waals surface area contributed by atoms with E-state index in [0.29, 0.717) is 29.9 Å². The first-order valence-electron chi connectivity index (χ1n) is 12.0. The number of allylic oxidation sites excluding steroid dienone is 2. The first kappa shape index (κ1) is 25.7. The molecule has 0 bridgehead atoms. The van der Waals surface area contributed by atoms with Gasteiger partial charge >= 0.3 is 0 Å². The molecule has 0 amide bonds. The third-order valence-corrected chi connectivity index (χ3v) is 6.15. The van der Waals surface area contributed by atoms with Crippen LogP contribution in [0.1, 0.15) is 31.2 Å². The van der Waals surface area contributed by atoms with Crippen LogP contribution in [0, 0.1) is 17.5 Å². The molecule has 6 heteroatoms. The van der Waals surface area contributed by atoms with Crippen molar-refractivity contribution in [3.8, 4) is 28.0 Å². The second kappa shape index (κ2) is 12.1. The minimum Gasteiger partial charge on any atom is -0.486 e. The molecule has 0 radical (unpaired) electrons. The molecule has 3 aromatic carbocycles. The summed E-state index contributed by atoms with van der Waals surface area (Å²) in [7, 11) is 0. The Morgan fingerprint density at radius 2 is 1.58 bits per heavy atom. The number of rotatable bonds is 9. The lowest BCUT2D eigenvalue weighted by Crippen LogP contribution is -2.30.